The van der Waals surface area contributed by atoms with Gasteiger partial charge in [-0.25, -0.2) is 4.79 Å². The molecule has 1 saturated heterocycles. The highest BCUT2D eigenvalue weighted by Crippen LogP contribution is 2.35. The second-order valence-electron chi connectivity index (χ2n) is 8.07. The first-order valence-corrected chi connectivity index (χ1v) is 10.7. The summed E-state index contributed by atoms with van der Waals surface area (Å²) >= 11 is 0. The van der Waals surface area contributed by atoms with Crippen molar-refractivity contribution in [1.82, 2.24) is 0 Å². The van der Waals surface area contributed by atoms with Gasteiger partial charge in [-0.05, 0) is 34.9 Å². The first kappa shape index (κ1) is 24.1. The first-order chi connectivity index (χ1) is 16.3. The number of fused-ring (bicyclic) bond motifs is 1. The van der Waals surface area contributed by atoms with Gasteiger partial charge in [-0.1, -0.05) is 18.2 Å². The van der Waals surface area contributed by atoms with E-state index in [0.717, 1.165) is 0 Å². The number of phenolic OH excluding ortho intramolecular Hbond substituents is 1. The number of hydrogen-bond acceptors (Lipinski definition) is 10. The predicted octanol–water partition coefficient (Wildman–Crippen LogP) is 0.131. The molecule has 0 aliphatic carbocycles. The highest BCUT2D eigenvalue weighted by Gasteiger charge is 2.45. The van der Waals surface area contributed by atoms with E-state index in [1.165, 1.54) is 25.3 Å². The van der Waals surface area contributed by atoms with Crippen LogP contribution in [0.4, 0.5) is 0 Å². The number of ether oxygens (including phenoxy) is 4. The average molecular weight is 474 g/mol. The van der Waals surface area contributed by atoms with Crippen molar-refractivity contribution in [2.75, 3.05) is 13.7 Å². The quantitative estimate of drug-likeness (QED) is 0.298. The molecule has 0 aromatic heterocycles. The molecule has 2 aromatic rings. The molecule has 4 rings (SSSR count). The van der Waals surface area contributed by atoms with Crippen LogP contribution in [0.2, 0.25) is 0 Å². The van der Waals surface area contributed by atoms with Crippen LogP contribution < -0.4 is 9.47 Å². The smallest absolute Gasteiger partial charge is 0.336 e. The van der Waals surface area contributed by atoms with Gasteiger partial charge >= 0.3 is 5.97 Å². The lowest BCUT2D eigenvalue weighted by molar-refractivity contribution is -0.306. The van der Waals surface area contributed by atoms with E-state index in [1.807, 2.05) is 0 Å². The van der Waals surface area contributed by atoms with Gasteiger partial charge < -0.3 is 44.5 Å². The SMILES string of the molecule is COc1ccc2c(c1)OC(=O)C=C(c1ccc(O)cc1)[C@@H](O[C@@H]1O[C@H](CO)[C@@H](O)[C@H](O)[C@H]1O)C2. The van der Waals surface area contributed by atoms with Crippen molar-refractivity contribution >= 4 is 11.5 Å². The number of aliphatic hydroxyl groups is 4. The number of phenols is 1. The van der Waals surface area contributed by atoms with Crippen LogP contribution in [0, 0.1) is 0 Å². The Bertz CT molecular complexity index is 1050. The molecular formula is C24H26O10. The van der Waals surface area contributed by atoms with Gasteiger partial charge in [0.2, 0.25) is 0 Å². The third-order valence-corrected chi connectivity index (χ3v) is 5.86. The molecule has 0 unspecified atom stereocenters. The molecule has 2 aromatic carbocycles. The summed E-state index contributed by atoms with van der Waals surface area (Å²) < 4.78 is 22.3. The standard InChI is InChI=1S/C24H26O10/c1-31-15-7-4-13-8-18(33-24-23(30)22(29)21(28)19(11-25)34-24)16(10-20(27)32-17(13)9-15)12-2-5-14(26)6-3-12/h2-7,9-10,18-19,21-26,28-30H,8,11H2,1H3/t18-,19+,21+,22-,23+,24+/m0/s1. The molecule has 0 radical (unpaired) electrons. The zero-order valence-electron chi connectivity index (χ0n) is 18.3. The van der Waals surface area contributed by atoms with E-state index in [0.29, 0.717) is 22.4 Å². The number of benzene rings is 2. The van der Waals surface area contributed by atoms with E-state index in [1.54, 1.807) is 30.3 Å². The Kier molecular flexibility index (Phi) is 7.17. The summed E-state index contributed by atoms with van der Waals surface area (Å²) in [4.78, 5) is 12.7. The van der Waals surface area contributed by atoms with Gasteiger partial charge in [0.25, 0.3) is 0 Å². The predicted molar refractivity (Wildman–Crippen MR) is 117 cm³/mol. The van der Waals surface area contributed by atoms with E-state index in [-0.39, 0.29) is 17.9 Å². The van der Waals surface area contributed by atoms with Crippen LogP contribution in [0.3, 0.4) is 0 Å². The van der Waals surface area contributed by atoms with Crippen molar-refractivity contribution in [2.24, 2.45) is 0 Å². The Balaban J connectivity index is 1.73. The summed E-state index contributed by atoms with van der Waals surface area (Å²) in [5.74, 6) is 0.107. The fraction of sp³-hybridized carbons (Fsp3) is 0.375. The van der Waals surface area contributed by atoms with E-state index in [9.17, 15) is 30.3 Å². The van der Waals surface area contributed by atoms with Crippen molar-refractivity contribution in [1.29, 1.82) is 0 Å². The van der Waals surface area contributed by atoms with Crippen molar-refractivity contribution < 1.29 is 49.3 Å². The third-order valence-electron chi connectivity index (χ3n) is 5.86. The van der Waals surface area contributed by atoms with Gasteiger partial charge in [0.05, 0.1) is 19.8 Å². The van der Waals surface area contributed by atoms with Gasteiger partial charge in [-0.2, -0.15) is 0 Å². The number of methoxy groups -OCH3 is 1. The van der Waals surface area contributed by atoms with Crippen LogP contribution in [-0.4, -0.2) is 82.0 Å². The number of carbonyl (C=O) groups is 1. The van der Waals surface area contributed by atoms with Gasteiger partial charge in [0.1, 0.15) is 41.7 Å². The molecule has 2 aliphatic heterocycles. The molecule has 1 fully saturated rings. The van der Waals surface area contributed by atoms with Crippen LogP contribution in [0.15, 0.2) is 48.5 Å². The molecular weight excluding hydrogens is 448 g/mol. The van der Waals surface area contributed by atoms with Gasteiger partial charge in [-0.3, -0.25) is 0 Å². The minimum Gasteiger partial charge on any atom is -0.508 e. The molecule has 0 saturated carbocycles. The minimum atomic E-state index is -1.62. The minimum absolute atomic E-state index is 0.0293. The maximum Gasteiger partial charge on any atom is 0.336 e. The molecule has 182 valence electrons. The van der Waals surface area contributed by atoms with Crippen molar-refractivity contribution in [3.63, 3.8) is 0 Å². The Morgan fingerprint density at radius 2 is 1.76 bits per heavy atom. The lowest BCUT2D eigenvalue weighted by Gasteiger charge is -2.41. The number of hydrogen-bond donors (Lipinski definition) is 5. The molecule has 10 nitrogen and oxygen atoms in total. The summed E-state index contributed by atoms with van der Waals surface area (Å²) in [5, 5.41) is 49.9. The number of carbonyl (C=O) groups excluding carboxylic acids is 1. The lowest BCUT2D eigenvalue weighted by atomic mass is 9.93. The lowest BCUT2D eigenvalue weighted by Crippen LogP contribution is -2.59. The van der Waals surface area contributed by atoms with Gasteiger partial charge in [-0.15, -0.1) is 0 Å². The van der Waals surface area contributed by atoms with E-state index >= 15 is 0 Å². The molecule has 10 heteroatoms. The highest BCUT2D eigenvalue weighted by molar-refractivity contribution is 5.94. The zero-order valence-corrected chi connectivity index (χ0v) is 18.3. The Labute approximate surface area is 195 Å². The second-order valence-corrected chi connectivity index (χ2v) is 8.07. The number of rotatable bonds is 5. The summed E-state index contributed by atoms with van der Waals surface area (Å²) in [6.07, 6.45) is -6.81. The molecule has 0 bridgehead atoms. The van der Waals surface area contributed by atoms with Gasteiger partial charge in [0.15, 0.2) is 6.29 Å². The van der Waals surface area contributed by atoms with Crippen molar-refractivity contribution in [2.45, 2.75) is 43.2 Å². The molecule has 5 N–H and O–H groups in total. The Morgan fingerprint density at radius 3 is 2.44 bits per heavy atom. The average Bonchev–Trinajstić information content (AvgIpc) is 2.83. The summed E-state index contributed by atoms with van der Waals surface area (Å²) in [7, 11) is 1.49. The van der Waals surface area contributed by atoms with Crippen LogP contribution in [0.5, 0.6) is 17.2 Å². The van der Waals surface area contributed by atoms with Crippen LogP contribution >= 0.6 is 0 Å². The molecule has 2 aliphatic rings. The Hall–Kier alpha value is -2.99. The molecule has 2 heterocycles. The molecule has 34 heavy (non-hydrogen) atoms. The maximum absolute atomic E-state index is 12.7. The fourth-order valence-corrected chi connectivity index (χ4v) is 3.98. The number of aromatic hydroxyl groups is 1. The van der Waals surface area contributed by atoms with Crippen molar-refractivity contribution in [3.05, 3.63) is 59.7 Å². The van der Waals surface area contributed by atoms with E-state index in [4.69, 9.17) is 18.9 Å². The Morgan fingerprint density at radius 1 is 1.03 bits per heavy atom. The summed E-state index contributed by atoms with van der Waals surface area (Å²) in [6.45, 7) is -0.606. The number of esters is 1. The zero-order chi connectivity index (χ0) is 24.4. The molecule has 6 atom stereocenters. The van der Waals surface area contributed by atoms with E-state index in [2.05, 4.69) is 0 Å². The topological polar surface area (TPSA) is 155 Å². The third kappa shape index (κ3) is 4.92. The monoisotopic (exact) mass is 474 g/mol. The molecule has 0 spiro atoms. The van der Waals surface area contributed by atoms with Gasteiger partial charge in [0, 0.05) is 18.6 Å². The van der Waals surface area contributed by atoms with Crippen molar-refractivity contribution in [3.8, 4) is 17.2 Å². The second kappa shape index (κ2) is 10.1. The van der Waals surface area contributed by atoms with Crippen LogP contribution in [-0.2, 0) is 20.7 Å². The molecule has 0 amide bonds. The highest BCUT2D eigenvalue weighted by atomic mass is 16.7. The first-order valence-electron chi connectivity index (χ1n) is 10.7. The summed E-state index contributed by atoms with van der Waals surface area (Å²) in [6, 6.07) is 11.1. The maximum atomic E-state index is 12.7. The fourth-order valence-electron chi connectivity index (χ4n) is 3.98. The summed E-state index contributed by atoms with van der Waals surface area (Å²) in [5.41, 5.74) is 1.53. The van der Waals surface area contributed by atoms with E-state index < -0.39 is 49.4 Å². The van der Waals surface area contributed by atoms with Crippen LogP contribution in [0.1, 0.15) is 11.1 Å². The van der Waals surface area contributed by atoms with Crippen LogP contribution in [0.25, 0.3) is 5.57 Å². The largest absolute Gasteiger partial charge is 0.508 e. The number of aliphatic hydroxyl groups excluding tert-OH is 4. The normalized spacial score (nSPS) is 29.3.